The van der Waals surface area contributed by atoms with Gasteiger partial charge in [-0.15, -0.1) is 0 Å². The van der Waals surface area contributed by atoms with Crippen LogP contribution in [0.2, 0.25) is 0 Å². The fourth-order valence-electron chi connectivity index (χ4n) is 4.02. The van der Waals surface area contributed by atoms with E-state index in [-0.39, 0.29) is 0 Å². The van der Waals surface area contributed by atoms with Gasteiger partial charge in [0.25, 0.3) is 0 Å². The number of hydrogen-bond acceptors (Lipinski definition) is 4. The molecule has 2 aliphatic heterocycles. The highest BCUT2D eigenvalue weighted by Gasteiger charge is 2.32. The van der Waals surface area contributed by atoms with E-state index < -0.39 is 0 Å². The van der Waals surface area contributed by atoms with Crippen molar-refractivity contribution in [2.75, 3.05) is 38.0 Å². The summed E-state index contributed by atoms with van der Waals surface area (Å²) in [6.45, 7) is 6.01. The standard InChI is InChI=1S/C18H30N4/c1-2-12-22-13-4-6-16(18(22)8-1)14-19-10-5-11-21-17-7-3-9-20-15-17/h3,7,9,15-16,18-19,21H,1-2,4-6,8,10-14H2/t16-,18+/m0/s1. The lowest BCUT2D eigenvalue weighted by Gasteiger charge is -2.44. The van der Waals surface area contributed by atoms with Crippen LogP contribution in [0.5, 0.6) is 0 Å². The van der Waals surface area contributed by atoms with Gasteiger partial charge in [0, 0.05) is 25.0 Å². The van der Waals surface area contributed by atoms with E-state index in [2.05, 4.69) is 26.6 Å². The molecule has 3 heterocycles. The number of anilines is 1. The van der Waals surface area contributed by atoms with Crippen molar-refractivity contribution in [1.82, 2.24) is 15.2 Å². The Labute approximate surface area is 134 Å². The molecule has 0 amide bonds. The minimum absolute atomic E-state index is 0.864. The molecule has 0 spiro atoms. The normalized spacial score (nSPS) is 25.6. The van der Waals surface area contributed by atoms with E-state index in [1.165, 1.54) is 51.7 Å². The lowest BCUT2D eigenvalue weighted by molar-refractivity contribution is 0.0595. The van der Waals surface area contributed by atoms with Gasteiger partial charge in [0.15, 0.2) is 0 Å². The molecule has 2 saturated heterocycles. The van der Waals surface area contributed by atoms with Gasteiger partial charge in [0.1, 0.15) is 0 Å². The first-order chi connectivity index (χ1) is 10.9. The largest absolute Gasteiger partial charge is 0.384 e. The van der Waals surface area contributed by atoms with Crippen LogP contribution < -0.4 is 10.6 Å². The number of aromatic nitrogens is 1. The molecule has 2 fully saturated rings. The zero-order valence-electron chi connectivity index (χ0n) is 13.6. The fraction of sp³-hybridized carbons (Fsp3) is 0.722. The molecule has 2 atom stereocenters. The van der Waals surface area contributed by atoms with Crippen LogP contribution in [0, 0.1) is 5.92 Å². The number of nitrogens with zero attached hydrogens (tertiary/aromatic N) is 2. The molecule has 22 heavy (non-hydrogen) atoms. The molecule has 0 aliphatic carbocycles. The van der Waals surface area contributed by atoms with Crippen LogP contribution in [0.4, 0.5) is 5.69 Å². The third kappa shape index (κ3) is 4.43. The molecule has 3 rings (SSSR count). The van der Waals surface area contributed by atoms with Crippen molar-refractivity contribution in [3.63, 3.8) is 0 Å². The molecule has 4 nitrogen and oxygen atoms in total. The van der Waals surface area contributed by atoms with Gasteiger partial charge in [-0.05, 0) is 76.3 Å². The second kappa shape index (κ2) is 8.49. The Bertz CT molecular complexity index is 420. The summed E-state index contributed by atoms with van der Waals surface area (Å²) < 4.78 is 0. The van der Waals surface area contributed by atoms with Crippen molar-refractivity contribution < 1.29 is 0 Å². The number of fused-ring (bicyclic) bond motifs is 1. The molecule has 4 heteroatoms. The highest BCUT2D eigenvalue weighted by molar-refractivity contribution is 5.39. The molecule has 0 saturated carbocycles. The Balaban J connectivity index is 1.29. The van der Waals surface area contributed by atoms with E-state index in [1.807, 2.05) is 18.5 Å². The predicted octanol–water partition coefficient (Wildman–Crippen LogP) is 2.74. The van der Waals surface area contributed by atoms with Crippen molar-refractivity contribution in [1.29, 1.82) is 0 Å². The molecule has 1 aromatic rings. The van der Waals surface area contributed by atoms with Gasteiger partial charge in [-0.2, -0.15) is 0 Å². The van der Waals surface area contributed by atoms with Crippen molar-refractivity contribution >= 4 is 5.69 Å². The van der Waals surface area contributed by atoms with Gasteiger partial charge in [-0.25, -0.2) is 0 Å². The molecule has 0 radical (unpaired) electrons. The maximum atomic E-state index is 4.12. The SMILES string of the molecule is c1cncc(NCCCNC[C@@H]2CCCN3CCCC[C@H]23)c1. The highest BCUT2D eigenvalue weighted by atomic mass is 15.2. The topological polar surface area (TPSA) is 40.2 Å². The number of rotatable bonds is 7. The Morgan fingerprint density at radius 1 is 1.14 bits per heavy atom. The Morgan fingerprint density at radius 2 is 2.09 bits per heavy atom. The van der Waals surface area contributed by atoms with Gasteiger partial charge >= 0.3 is 0 Å². The Morgan fingerprint density at radius 3 is 3.00 bits per heavy atom. The number of piperidine rings is 2. The second-order valence-electron chi connectivity index (χ2n) is 6.73. The zero-order chi connectivity index (χ0) is 15.0. The molecule has 0 aromatic carbocycles. The van der Waals surface area contributed by atoms with E-state index in [4.69, 9.17) is 0 Å². The lowest BCUT2D eigenvalue weighted by atomic mass is 9.83. The predicted molar refractivity (Wildman–Crippen MR) is 92.1 cm³/mol. The summed E-state index contributed by atoms with van der Waals surface area (Å²) >= 11 is 0. The zero-order valence-corrected chi connectivity index (χ0v) is 13.6. The monoisotopic (exact) mass is 302 g/mol. The van der Waals surface area contributed by atoms with E-state index >= 15 is 0 Å². The number of nitrogens with one attached hydrogen (secondary N) is 2. The Kier molecular flexibility index (Phi) is 6.08. The fourth-order valence-corrected chi connectivity index (χ4v) is 4.02. The molecule has 0 bridgehead atoms. The molecule has 2 N–H and O–H groups in total. The molecule has 122 valence electrons. The molecule has 2 aliphatic rings. The molecule has 0 unspecified atom stereocenters. The molecule has 1 aromatic heterocycles. The van der Waals surface area contributed by atoms with Crippen molar-refractivity contribution in [2.24, 2.45) is 5.92 Å². The van der Waals surface area contributed by atoms with E-state index in [0.29, 0.717) is 0 Å². The van der Waals surface area contributed by atoms with Crippen molar-refractivity contribution in [3.05, 3.63) is 24.5 Å². The van der Waals surface area contributed by atoms with Crippen LogP contribution in [0.25, 0.3) is 0 Å². The first kappa shape index (κ1) is 15.8. The van der Waals surface area contributed by atoms with Crippen LogP contribution >= 0.6 is 0 Å². The third-order valence-corrected chi connectivity index (χ3v) is 5.16. The van der Waals surface area contributed by atoms with Crippen LogP contribution in [-0.2, 0) is 0 Å². The quantitative estimate of drug-likeness (QED) is 0.760. The van der Waals surface area contributed by atoms with Gasteiger partial charge in [-0.1, -0.05) is 6.42 Å². The molecular formula is C18H30N4. The summed E-state index contributed by atoms with van der Waals surface area (Å²) in [5.41, 5.74) is 1.12. The summed E-state index contributed by atoms with van der Waals surface area (Å²) in [4.78, 5) is 6.87. The summed E-state index contributed by atoms with van der Waals surface area (Å²) in [5.74, 6) is 0.875. The molecular weight excluding hydrogens is 272 g/mol. The summed E-state index contributed by atoms with van der Waals surface area (Å²) in [5, 5.41) is 7.11. The average molecular weight is 302 g/mol. The van der Waals surface area contributed by atoms with Crippen LogP contribution in [-0.4, -0.2) is 48.6 Å². The van der Waals surface area contributed by atoms with Gasteiger partial charge < -0.3 is 15.5 Å². The second-order valence-corrected chi connectivity index (χ2v) is 6.73. The minimum Gasteiger partial charge on any atom is -0.384 e. The van der Waals surface area contributed by atoms with Crippen LogP contribution in [0.3, 0.4) is 0 Å². The van der Waals surface area contributed by atoms with Gasteiger partial charge in [-0.3, -0.25) is 4.98 Å². The highest BCUT2D eigenvalue weighted by Crippen LogP contribution is 2.30. The van der Waals surface area contributed by atoms with Gasteiger partial charge in [0.2, 0.25) is 0 Å². The average Bonchev–Trinajstić information content (AvgIpc) is 2.59. The maximum Gasteiger partial charge on any atom is 0.0526 e. The summed E-state index contributed by atoms with van der Waals surface area (Å²) in [7, 11) is 0. The third-order valence-electron chi connectivity index (χ3n) is 5.16. The van der Waals surface area contributed by atoms with Crippen molar-refractivity contribution in [3.8, 4) is 0 Å². The summed E-state index contributed by atoms with van der Waals surface area (Å²) in [6, 6.07) is 4.91. The van der Waals surface area contributed by atoms with E-state index in [9.17, 15) is 0 Å². The maximum absolute atomic E-state index is 4.12. The number of hydrogen-bond donors (Lipinski definition) is 2. The first-order valence-corrected chi connectivity index (χ1v) is 9.02. The number of pyridine rings is 1. The first-order valence-electron chi connectivity index (χ1n) is 9.02. The van der Waals surface area contributed by atoms with Crippen molar-refractivity contribution in [2.45, 2.75) is 44.6 Å². The van der Waals surface area contributed by atoms with Crippen LogP contribution in [0.1, 0.15) is 38.5 Å². The smallest absolute Gasteiger partial charge is 0.0526 e. The van der Waals surface area contributed by atoms with E-state index in [0.717, 1.165) is 37.2 Å². The van der Waals surface area contributed by atoms with Crippen LogP contribution in [0.15, 0.2) is 24.5 Å². The summed E-state index contributed by atoms with van der Waals surface area (Å²) in [6.07, 6.45) is 11.9. The Hall–Kier alpha value is -1.13. The van der Waals surface area contributed by atoms with E-state index in [1.54, 1.807) is 0 Å². The van der Waals surface area contributed by atoms with Gasteiger partial charge in [0.05, 0.1) is 5.69 Å². The minimum atomic E-state index is 0.864. The lowest BCUT2D eigenvalue weighted by Crippen LogP contribution is -2.50.